The largest absolute Gasteiger partial charge is 0.330 e. The van der Waals surface area contributed by atoms with Crippen LogP contribution >= 0.6 is 0 Å². The number of nitrogens with zero attached hydrogens (tertiary/aromatic N) is 1. The van der Waals surface area contributed by atoms with Crippen molar-refractivity contribution in [3.63, 3.8) is 0 Å². The van der Waals surface area contributed by atoms with Crippen molar-refractivity contribution in [1.29, 1.82) is 0 Å². The molecule has 0 spiro atoms. The Labute approximate surface area is 75.1 Å². The molecule has 0 bridgehead atoms. The Balaban J connectivity index is 1.96. The van der Waals surface area contributed by atoms with Crippen molar-refractivity contribution in [2.75, 3.05) is 26.2 Å². The molecular formula is C10H20N2. The zero-order valence-electron chi connectivity index (χ0n) is 8.00. The summed E-state index contributed by atoms with van der Waals surface area (Å²) in [5.74, 6) is 2.76. The van der Waals surface area contributed by atoms with Gasteiger partial charge in [-0.25, -0.2) is 0 Å². The van der Waals surface area contributed by atoms with Crippen molar-refractivity contribution in [1.82, 2.24) is 4.90 Å². The lowest BCUT2D eigenvalue weighted by molar-refractivity contribution is 0.304. The maximum Gasteiger partial charge on any atom is 0.00159 e. The molecule has 2 heteroatoms. The summed E-state index contributed by atoms with van der Waals surface area (Å²) in [6.07, 6.45) is 2.83. The Morgan fingerprint density at radius 3 is 2.83 bits per heavy atom. The molecule has 1 saturated carbocycles. The molecule has 1 aliphatic carbocycles. The molecular weight excluding hydrogens is 148 g/mol. The first-order chi connectivity index (χ1) is 5.85. The van der Waals surface area contributed by atoms with Gasteiger partial charge in [0.2, 0.25) is 0 Å². The topological polar surface area (TPSA) is 29.3 Å². The van der Waals surface area contributed by atoms with Crippen LogP contribution in [0, 0.1) is 17.8 Å². The number of rotatable bonds is 2. The van der Waals surface area contributed by atoms with Crippen molar-refractivity contribution in [2.45, 2.75) is 19.8 Å². The van der Waals surface area contributed by atoms with Crippen LogP contribution < -0.4 is 5.73 Å². The standard InChI is InChI=1S/C10H20N2/c1-2-12-6-9-4-3-8(5-11)10(9)7-12/h8-10H,2-7,11H2,1H3. The first-order valence-electron chi connectivity index (χ1n) is 5.27. The van der Waals surface area contributed by atoms with E-state index in [4.69, 9.17) is 5.73 Å². The summed E-state index contributed by atoms with van der Waals surface area (Å²) in [4.78, 5) is 2.58. The maximum absolute atomic E-state index is 5.76. The fourth-order valence-corrected chi connectivity index (χ4v) is 3.02. The van der Waals surface area contributed by atoms with E-state index in [0.717, 1.165) is 24.3 Å². The summed E-state index contributed by atoms with van der Waals surface area (Å²) < 4.78 is 0. The van der Waals surface area contributed by atoms with E-state index in [9.17, 15) is 0 Å². The number of likely N-dealkylation sites (tertiary alicyclic amines) is 1. The normalized spacial score (nSPS) is 42.0. The van der Waals surface area contributed by atoms with Crippen LogP contribution in [0.25, 0.3) is 0 Å². The van der Waals surface area contributed by atoms with Gasteiger partial charge < -0.3 is 10.6 Å². The van der Waals surface area contributed by atoms with Crippen LogP contribution in [-0.2, 0) is 0 Å². The Hall–Kier alpha value is -0.0800. The van der Waals surface area contributed by atoms with Gasteiger partial charge in [0.05, 0.1) is 0 Å². The van der Waals surface area contributed by atoms with Crippen molar-refractivity contribution >= 4 is 0 Å². The van der Waals surface area contributed by atoms with Crippen LogP contribution in [0.1, 0.15) is 19.8 Å². The van der Waals surface area contributed by atoms with E-state index in [0.29, 0.717) is 0 Å². The zero-order valence-corrected chi connectivity index (χ0v) is 8.00. The predicted molar refractivity (Wildman–Crippen MR) is 50.9 cm³/mol. The van der Waals surface area contributed by atoms with Crippen LogP contribution in [0.2, 0.25) is 0 Å². The van der Waals surface area contributed by atoms with Crippen LogP contribution in [-0.4, -0.2) is 31.1 Å². The van der Waals surface area contributed by atoms with Gasteiger partial charge in [-0.1, -0.05) is 6.92 Å². The lowest BCUT2D eigenvalue weighted by atomic mass is 9.93. The molecule has 0 amide bonds. The molecule has 1 saturated heterocycles. The van der Waals surface area contributed by atoms with E-state index >= 15 is 0 Å². The summed E-state index contributed by atoms with van der Waals surface area (Å²) in [6, 6.07) is 0. The van der Waals surface area contributed by atoms with Gasteiger partial charge in [-0.15, -0.1) is 0 Å². The average molecular weight is 168 g/mol. The molecule has 0 aromatic carbocycles. The van der Waals surface area contributed by atoms with Gasteiger partial charge in [0.25, 0.3) is 0 Å². The number of hydrogen-bond donors (Lipinski definition) is 1. The molecule has 0 radical (unpaired) electrons. The summed E-state index contributed by atoms with van der Waals surface area (Å²) >= 11 is 0. The second kappa shape index (κ2) is 3.35. The van der Waals surface area contributed by atoms with E-state index in [2.05, 4.69) is 11.8 Å². The first-order valence-corrected chi connectivity index (χ1v) is 5.27. The lowest BCUT2D eigenvalue weighted by Crippen LogP contribution is -2.25. The molecule has 2 N–H and O–H groups in total. The molecule has 70 valence electrons. The summed E-state index contributed by atoms with van der Waals surface area (Å²) in [5.41, 5.74) is 5.76. The fraction of sp³-hybridized carbons (Fsp3) is 1.00. The molecule has 3 atom stereocenters. The van der Waals surface area contributed by atoms with Gasteiger partial charge in [-0.05, 0) is 43.7 Å². The number of hydrogen-bond acceptors (Lipinski definition) is 2. The summed E-state index contributed by atoms with van der Waals surface area (Å²) in [5, 5.41) is 0. The fourth-order valence-electron chi connectivity index (χ4n) is 3.02. The predicted octanol–water partition coefficient (Wildman–Crippen LogP) is 0.923. The summed E-state index contributed by atoms with van der Waals surface area (Å²) in [7, 11) is 0. The van der Waals surface area contributed by atoms with Crippen molar-refractivity contribution in [2.24, 2.45) is 23.5 Å². The smallest absolute Gasteiger partial charge is 0.00159 e. The highest BCUT2D eigenvalue weighted by atomic mass is 15.2. The number of nitrogens with two attached hydrogens (primary N) is 1. The van der Waals surface area contributed by atoms with Gasteiger partial charge in [-0.3, -0.25) is 0 Å². The minimum absolute atomic E-state index is 0.839. The molecule has 2 aliphatic rings. The molecule has 1 aliphatic heterocycles. The monoisotopic (exact) mass is 168 g/mol. The van der Waals surface area contributed by atoms with Crippen LogP contribution in [0.15, 0.2) is 0 Å². The van der Waals surface area contributed by atoms with Crippen molar-refractivity contribution in [3.05, 3.63) is 0 Å². The van der Waals surface area contributed by atoms with Crippen LogP contribution in [0.4, 0.5) is 0 Å². The lowest BCUT2D eigenvalue weighted by Gasteiger charge is -2.17. The third kappa shape index (κ3) is 1.27. The van der Waals surface area contributed by atoms with Gasteiger partial charge in [-0.2, -0.15) is 0 Å². The molecule has 1 heterocycles. The minimum atomic E-state index is 0.839. The van der Waals surface area contributed by atoms with E-state index in [1.165, 1.54) is 32.5 Å². The third-order valence-corrected chi connectivity index (χ3v) is 3.83. The molecule has 0 aromatic rings. The van der Waals surface area contributed by atoms with Gasteiger partial charge in [0.1, 0.15) is 0 Å². The Morgan fingerprint density at radius 2 is 2.17 bits per heavy atom. The molecule has 12 heavy (non-hydrogen) atoms. The average Bonchev–Trinajstić information content (AvgIpc) is 2.61. The Kier molecular flexibility index (Phi) is 2.37. The van der Waals surface area contributed by atoms with Crippen LogP contribution in [0.3, 0.4) is 0 Å². The van der Waals surface area contributed by atoms with E-state index in [1.54, 1.807) is 0 Å². The Bertz CT molecular complexity index is 158. The van der Waals surface area contributed by atoms with Crippen molar-refractivity contribution < 1.29 is 0 Å². The van der Waals surface area contributed by atoms with Gasteiger partial charge in [0.15, 0.2) is 0 Å². The third-order valence-electron chi connectivity index (χ3n) is 3.83. The van der Waals surface area contributed by atoms with E-state index in [1.807, 2.05) is 0 Å². The quantitative estimate of drug-likeness (QED) is 0.664. The molecule has 3 unspecified atom stereocenters. The number of fused-ring (bicyclic) bond motifs is 1. The highest BCUT2D eigenvalue weighted by molar-refractivity contribution is 4.93. The SMILES string of the molecule is CCN1CC2CCC(CN)C2C1. The second-order valence-corrected chi connectivity index (χ2v) is 4.35. The highest BCUT2D eigenvalue weighted by Gasteiger charge is 2.40. The minimum Gasteiger partial charge on any atom is -0.330 e. The molecule has 2 nitrogen and oxygen atoms in total. The Morgan fingerprint density at radius 1 is 1.33 bits per heavy atom. The van der Waals surface area contributed by atoms with E-state index < -0.39 is 0 Å². The molecule has 2 fully saturated rings. The molecule has 2 rings (SSSR count). The van der Waals surface area contributed by atoms with Crippen LogP contribution in [0.5, 0.6) is 0 Å². The van der Waals surface area contributed by atoms with Gasteiger partial charge >= 0.3 is 0 Å². The first kappa shape index (κ1) is 8.52. The molecule has 0 aromatic heterocycles. The highest BCUT2D eigenvalue weighted by Crippen LogP contribution is 2.41. The van der Waals surface area contributed by atoms with Crippen molar-refractivity contribution in [3.8, 4) is 0 Å². The maximum atomic E-state index is 5.76. The van der Waals surface area contributed by atoms with Gasteiger partial charge in [0, 0.05) is 13.1 Å². The second-order valence-electron chi connectivity index (χ2n) is 4.35. The zero-order chi connectivity index (χ0) is 8.55. The van der Waals surface area contributed by atoms with E-state index in [-0.39, 0.29) is 0 Å². The summed E-state index contributed by atoms with van der Waals surface area (Å²) in [6.45, 7) is 7.07.